The number of fused-ring (bicyclic) bond motifs is 1. The van der Waals surface area contributed by atoms with Crippen molar-refractivity contribution in [1.82, 2.24) is 0 Å². The van der Waals surface area contributed by atoms with E-state index >= 15 is 0 Å². The van der Waals surface area contributed by atoms with Crippen LogP contribution in [0.2, 0.25) is 0 Å². The van der Waals surface area contributed by atoms with Gasteiger partial charge in [-0.2, -0.15) is 0 Å². The van der Waals surface area contributed by atoms with Gasteiger partial charge in [-0.05, 0) is 38.0 Å². The molecule has 104 valence electrons. The molecule has 0 N–H and O–H groups in total. The van der Waals surface area contributed by atoms with E-state index in [0.29, 0.717) is 5.56 Å². The maximum Gasteiger partial charge on any atom is 0.338 e. The fourth-order valence-electron chi connectivity index (χ4n) is 2.50. The van der Waals surface area contributed by atoms with E-state index in [4.69, 9.17) is 4.74 Å². The predicted octanol–water partition coefficient (Wildman–Crippen LogP) is 2.45. The minimum Gasteiger partial charge on any atom is -0.465 e. The van der Waals surface area contributed by atoms with Crippen molar-refractivity contribution in [3.63, 3.8) is 0 Å². The van der Waals surface area contributed by atoms with Gasteiger partial charge in [0.15, 0.2) is 9.84 Å². The minimum absolute atomic E-state index is 0.0992. The van der Waals surface area contributed by atoms with Crippen molar-refractivity contribution in [2.45, 2.75) is 43.3 Å². The highest BCUT2D eigenvalue weighted by Crippen LogP contribution is 2.48. The van der Waals surface area contributed by atoms with Crippen LogP contribution < -0.4 is 0 Å². The van der Waals surface area contributed by atoms with Crippen LogP contribution in [-0.4, -0.2) is 26.2 Å². The third-order valence-electron chi connectivity index (χ3n) is 4.25. The van der Waals surface area contributed by atoms with E-state index in [9.17, 15) is 13.2 Å². The molecule has 0 fully saturated rings. The summed E-state index contributed by atoms with van der Waals surface area (Å²) in [5.74, 6) is -0.606. The first-order valence-corrected chi connectivity index (χ1v) is 7.60. The summed E-state index contributed by atoms with van der Waals surface area (Å²) in [7, 11) is -2.13. The molecule has 0 amide bonds. The van der Waals surface area contributed by atoms with Crippen molar-refractivity contribution in [2.75, 3.05) is 7.11 Å². The molecule has 1 aromatic carbocycles. The number of sulfone groups is 1. The molecule has 19 heavy (non-hydrogen) atoms. The molecule has 0 aliphatic carbocycles. The van der Waals surface area contributed by atoms with Gasteiger partial charge >= 0.3 is 5.97 Å². The lowest BCUT2D eigenvalue weighted by atomic mass is 9.88. The van der Waals surface area contributed by atoms with E-state index in [-0.39, 0.29) is 10.8 Å². The lowest BCUT2D eigenvalue weighted by Gasteiger charge is -2.22. The van der Waals surface area contributed by atoms with Crippen molar-refractivity contribution in [2.24, 2.45) is 0 Å². The van der Waals surface area contributed by atoms with Crippen LogP contribution >= 0.6 is 0 Å². The van der Waals surface area contributed by atoms with E-state index in [1.54, 1.807) is 26.8 Å². The molecule has 1 atom stereocenters. The zero-order valence-electron chi connectivity index (χ0n) is 11.8. The van der Waals surface area contributed by atoms with Crippen LogP contribution in [0.15, 0.2) is 17.0 Å². The molecule has 0 radical (unpaired) electrons. The molecule has 0 saturated carbocycles. The Hall–Kier alpha value is -1.36. The molecular weight excluding hydrogens is 264 g/mol. The standard InChI is InChI=1S/C14H18O4S/c1-8-6-11-9(2)14(3,4)19(16,17)12(11)7-10(8)13(15)18-5/h6-7,9H,1-5H3. The van der Waals surface area contributed by atoms with E-state index in [2.05, 4.69) is 0 Å². The van der Waals surface area contributed by atoms with Crippen molar-refractivity contribution in [1.29, 1.82) is 0 Å². The van der Waals surface area contributed by atoms with Crippen molar-refractivity contribution >= 4 is 15.8 Å². The van der Waals surface area contributed by atoms with Crippen LogP contribution in [0.4, 0.5) is 0 Å². The Morgan fingerprint density at radius 1 is 1.32 bits per heavy atom. The fourth-order valence-corrected chi connectivity index (χ4v) is 4.48. The van der Waals surface area contributed by atoms with Gasteiger partial charge in [-0.15, -0.1) is 0 Å². The number of hydrogen-bond donors (Lipinski definition) is 0. The number of carbonyl (C=O) groups excluding carboxylic acids is 1. The van der Waals surface area contributed by atoms with E-state index in [1.165, 1.54) is 13.2 Å². The molecular formula is C14H18O4S. The van der Waals surface area contributed by atoms with Crippen LogP contribution in [0.5, 0.6) is 0 Å². The molecule has 5 heteroatoms. The average Bonchev–Trinajstić information content (AvgIpc) is 2.47. The van der Waals surface area contributed by atoms with Crippen LogP contribution in [0.25, 0.3) is 0 Å². The number of carbonyl (C=O) groups is 1. The third-order valence-corrected chi connectivity index (χ3v) is 6.92. The number of hydrogen-bond acceptors (Lipinski definition) is 4. The quantitative estimate of drug-likeness (QED) is 0.742. The van der Waals surface area contributed by atoms with Gasteiger partial charge in [0.05, 0.1) is 22.3 Å². The number of benzene rings is 1. The topological polar surface area (TPSA) is 60.4 Å². The summed E-state index contributed by atoms with van der Waals surface area (Å²) in [6.07, 6.45) is 0. The highest BCUT2D eigenvalue weighted by atomic mass is 32.2. The van der Waals surface area contributed by atoms with Gasteiger partial charge in [-0.25, -0.2) is 13.2 Å². The lowest BCUT2D eigenvalue weighted by molar-refractivity contribution is 0.0599. The molecule has 1 aromatic rings. The van der Waals surface area contributed by atoms with Gasteiger partial charge in [0.1, 0.15) is 0 Å². The fraction of sp³-hybridized carbons (Fsp3) is 0.500. The summed E-state index contributed by atoms with van der Waals surface area (Å²) in [5, 5.41) is 0. The van der Waals surface area contributed by atoms with Gasteiger partial charge in [0, 0.05) is 5.92 Å². The number of rotatable bonds is 1. The van der Waals surface area contributed by atoms with Gasteiger partial charge < -0.3 is 4.74 Å². The minimum atomic E-state index is -3.42. The Balaban J connectivity index is 2.77. The van der Waals surface area contributed by atoms with Crippen molar-refractivity contribution in [3.8, 4) is 0 Å². The molecule has 1 aliphatic rings. The molecule has 2 rings (SSSR count). The molecule has 1 aliphatic heterocycles. The van der Waals surface area contributed by atoms with E-state index in [1.807, 2.05) is 6.92 Å². The van der Waals surface area contributed by atoms with Crippen molar-refractivity contribution < 1.29 is 17.9 Å². The Labute approximate surface area is 113 Å². The number of aryl methyl sites for hydroxylation is 1. The van der Waals surface area contributed by atoms with Crippen LogP contribution in [0.3, 0.4) is 0 Å². The highest BCUT2D eigenvalue weighted by molar-refractivity contribution is 7.93. The van der Waals surface area contributed by atoms with E-state index in [0.717, 1.165) is 11.1 Å². The van der Waals surface area contributed by atoms with Crippen LogP contribution in [0, 0.1) is 6.92 Å². The molecule has 0 spiro atoms. The second-order valence-corrected chi connectivity index (χ2v) is 8.02. The average molecular weight is 282 g/mol. The first-order chi connectivity index (χ1) is 8.64. The molecule has 0 saturated heterocycles. The Morgan fingerprint density at radius 3 is 2.42 bits per heavy atom. The maximum atomic E-state index is 12.5. The summed E-state index contributed by atoms with van der Waals surface area (Å²) in [5.41, 5.74) is 1.84. The summed E-state index contributed by atoms with van der Waals surface area (Å²) in [6.45, 7) is 7.14. The number of ether oxygens (including phenoxy) is 1. The lowest BCUT2D eigenvalue weighted by Crippen LogP contribution is -2.30. The Kier molecular flexibility index (Phi) is 3.01. The molecule has 4 nitrogen and oxygen atoms in total. The first kappa shape index (κ1) is 14.1. The second-order valence-electron chi connectivity index (χ2n) is 5.53. The zero-order valence-corrected chi connectivity index (χ0v) is 12.6. The van der Waals surface area contributed by atoms with Gasteiger partial charge in [-0.1, -0.05) is 13.0 Å². The molecule has 0 bridgehead atoms. The summed E-state index contributed by atoms with van der Waals surface area (Å²) < 4.78 is 28.9. The molecule has 0 aromatic heterocycles. The predicted molar refractivity (Wildman–Crippen MR) is 72.2 cm³/mol. The zero-order chi connectivity index (χ0) is 14.6. The first-order valence-electron chi connectivity index (χ1n) is 6.12. The highest BCUT2D eigenvalue weighted by Gasteiger charge is 2.49. The van der Waals surface area contributed by atoms with Crippen LogP contribution in [0.1, 0.15) is 48.2 Å². The van der Waals surface area contributed by atoms with Crippen LogP contribution in [-0.2, 0) is 14.6 Å². The third kappa shape index (κ3) is 1.71. The largest absolute Gasteiger partial charge is 0.465 e. The van der Waals surface area contributed by atoms with Crippen molar-refractivity contribution in [3.05, 3.63) is 28.8 Å². The molecule has 1 heterocycles. The Bertz CT molecular complexity index is 656. The molecule has 1 unspecified atom stereocenters. The summed E-state index contributed by atoms with van der Waals surface area (Å²) in [6, 6.07) is 3.25. The van der Waals surface area contributed by atoms with Gasteiger partial charge in [0.25, 0.3) is 0 Å². The van der Waals surface area contributed by atoms with Gasteiger partial charge in [-0.3, -0.25) is 0 Å². The Morgan fingerprint density at radius 2 is 1.89 bits per heavy atom. The number of esters is 1. The smallest absolute Gasteiger partial charge is 0.338 e. The summed E-state index contributed by atoms with van der Waals surface area (Å²) >= 11 is 0. The SMILES string of the molecule is COC(=O)c1cc2c(cc1C)C(C)C(C)(C)S2(=O)=O. The normalized spacial score (nSPS) is 22.9. The van der Waals surface area contributed by atoms with E-state index < -0.39 is 20.6 Å². The maximum absolute atomic E-state index is 12.5. The monoisotopic (exact) mass is 282 g/mol. The number of methoxy groups -OCH3 is 1. The van der Waals surface area contributed by atoms with Gasteiger partial charge in [0.2, 0.25) is 0 Å². The second kappa shape index (κ2) is 4.07. The summed E-state index contributed by atoms with van der Waals surface area (Å²) in [4.78, 5) is 11.9.